The van der Waals surface area contributed by atoms with Gasteiger partial charge >= 0.3 is 0 Å². The average molecular weight is 346 g/mol. The van der Waals surface area contributed by atoms with E-state index in [0.29, 0.717) is 25.3 Å². The Bertz CT molecular complexity index is 765. The van der Waals surface area contributed by atoms with Gasteiger partial charge in [-0.25, -0.2) is 0 Å². The maximum absolute atomic E-state index is 13.0. The minimum Gasteiger partial charge on any atom is -0.382 e. The van der Waals surface area contributed by atoms with Crippen LogP contribution in [0.15, 0.2) is 12.3 Å². The number of nitrogen functional groups attached to an aromatic ring is 1. The summed E-state index contributed by atoms with van der Waals surface area (Å²) in [6.45, 7) is 5.17. The number of aromatic nitrogens is 4. The number of amides is 1. The predicted octanol–water partition coefficient (Wildman–Crippen LogP) is 0.674. The largest absolute Gasteiger partial charge is 0.382 e. The highest BCUT2D eigenvalue weighted by Crippen LogP contribution is 2.24. The van der Waals surface area contributed by atoms with Crippen molar-refractivity contribution in [2.75, 3.05) is 19.4 Å². The topological polar surface area (TPSA) is 91.2 Å². The van der Waals surface area contributed by atoms with Crippen molar-refractivity contribution >= 4 is 11.7 Å². The third-order valence-electron chi connectivity index (χ3n) is 5.08. The fourth-order valence-corrected chi connectivity index (χ4v) is 3.54. The molecule has 0 bridgehead atoms. The van der Waals surface area contributed by atoms with Crippen molar-refractivity contribution in [2.24, 2.45) is 7.05 Å². The quantitative estimate of drug-likeness (QED) is 0.859. The molecule has 2 N–H and O–H groups in total. The molecule has 3 heterocycles. The number of nitrogens with two attached hydrogens (primary N) is 1. The van der Waals surface area contributed by atoms with Crippen LogP contribution in [0.25, 0.3) is 0 Å². The van der Waals surface area contributed by atoms with Crippen molar-refractivity contribution in [3.63, 3.8) is 0 Å². The summed E-state index contributed by atoms with van der Waals surface area (Å²) in [6.07, 6.45) is 3.05. The Hall–Kier alpha value is -2.35. The van der Waals surface area contributed by atoms with Gasteiger partial charge in [0.1, 0.15) is 5.82 Å². The highest BCUT2D eigenvalue weighted by molar-refractivity contribution is 5.80. The lowest BCUT2D eigenvalue weighted by atomic mass is 10.1. The van der Waals surface area contributed by atoms with Crippen molar-refractivity contribution in [1.82, 2.24) is 24.5 Å². The molecule has 1 saturated heterocycles. The van der Waals surface area contributed by atoms with E-state index in [1.807, 2.05) is 36.7 Å². The van der Waals surface area contributed by atoms with Crippen molar-refractivity contribution in [2.45, 2.75) is 45.4 Å². The van der Waals surface area contributed by atoms with E-state index in [4.69, 9.17) is 10.5 Å². The number of anilines is 1. The van der Waals surface area contributed by atoms with E-state index in [1.54, 1.807) is 17.9 Å². The van der Waals surface area contributed by atoms with Gasteiger partial charge in [0.15, 0.2) is 0 Å². The zero-order valence-electron chi connectivity index (χ0n) is 15.3. The van der Waals surface area contributed by atoms with Crippen LogP contribution < -0.4 is 5.73 Å². The molecule has 0 saturated carbocycles. The summed E-state index contributed by atoms with van der Waals surface area (Å²) in [5.74, 6) is 0.588. The molecule has 0 aromatic carbocycles. The first-order chi connectivity index (χ1) is 11.9. The molecular weight excluding hydrogens is 320 g/mol. The normalized spacial score (nSPS) is 20.4. The molecule has 1 fully saturated rings. The molecule has 8 heteroatoms. The fraction of sp³-hybridized carbons (Fsp3) is 0.588. The molecule has 2 atom stereocenters. The smallest absolute Gasteiger partial charge is 0.227 e. The zero-order valence-corrected chi connectivity index (χ0v) is 15.3. The van der Waals surface area contributed by atoms with Gasteiger partial charge in [-0.05, 0) is 26.3 Å². The maximum Gasteiger partial charge on any atom is 0.227 e. The molecule has 25 heavy (non-hydrogen) atoms. The van der Waals surface area contributed by atoms with Gasteiger partial charge in [0, 0.05) is 38.2 Å². The van der Waals surface area contributed by atoms with E-state index in [0.717, 1.165) is 23.4 Å². The van der Waals surface area contributed by atoms with Crippen LogP contribution >= 0.6 is 0 Å². The lowest BCUT2D eigenvalue weighted by molar-refractivity contribution is -0.131. The highest BCUT2D eigenvalue weighted by Gasteiger charge is 2.36. The van der Waals surface area contributed by atoms with Crippen LogP contribution in [0.3, 0.4) is 0 Å². The molecule has 1 aliphatic heterocycles. The second-order valence-electron chi connectivity index (χ2n) is 6.71. The zero-order chi connectivity index (χ0) is 18.1. The van der Waals surface area contributed by atoms with Gasteiger partial charge in [0.25, 0.3) is 0 Å². The summed E-state index contributed by atoms with van der Waals surface area (Å²) in [6, 6.07) is 1.81. The van der Waals surface area contributed by atoms with Gasteiger partial charge in [-0.1, -0.05) is 0 Å². The SMILES string of the molecule is CO[C@@H]1C[C@@H](Cn2ccc(N)n2)N(C(=O)Cc2c(C)nn(C)c2C)C1. The Morgan fingerprint density at radius 1 is 1.40 bits per heavy atom. The predicted molar refractivity (Wildman–Crippen MR) is 93.9 cm³/mol. The number of rotatable bonds is 5. The number of carbonyl (C=O) groups excluding carboxylic acids is 1. The number of methoxy groups -OCH3 is 1. The van der Waals surface area contributed by atoms with Gasteiger partial charge in [-0.3, -0.25) is 14.2 Å². The number of nitrogens with zero attached hydrogens (tertiary/aromatic N) is 5. The molecule has 2 aromatic rings. The average Bonchev–Trinajstić information content (AvgIpc) is 3.23. The summed E-state index contributed by atoms with van der Waals surface area (Å²) in [7, 11) is 3.59. The standard InChI is InChI=1S/C17H26N6O2/c1-11-15(12(2)21(3)19-11)8-17(24)23-10-14(25-4)7-13(23)9-22-6-5-16(18)20-22/h5-6,13-14H,7-10H2,1-4H3,(H2,18,20)/t13-,14+/m0/s1. The van der Waals surface area contributed by atoms with Crippen molar-refractivity contribution in [3.8, 4) is 0 Å². The molecule has 0 unspecified atom stereocenters. The summed E-state index contributed by atoms with van der Waals surface area (Å²) < 4.78 is 9.12. The number of aryl methyl sites for hydroxylation is 2. The summed E-state index contributed by atoms with van der Waals surface area (Å²) >= 11 is 0. The Morgan fingerprint density at radius 3 is 2.72 bits per heavy atom. The second kappa shape index (κ2) is 6.87. The minimum absolute atomic E-state index is 0.0500. The summed E-state index contributed by atoms with van der Waals surface area (Å²) in [4.78, 5) is 14.9. The van der Waals surface area contributed by atoms with E-state index in [1.165, 1.54) is 0 Å². The Kier molecular flexibility index (Phi) is 4.80. The number of hydrogen-bond donors (Lipinski definition) is 1. The number of likely N-dealkylation sites (tertiary alicyclic amines) is 1. The molecule has 8 nitrogen and oxygen atoms in total. The van der Waals surface area contributed by atoms with E-state index in [9.17, 15) is 4.79 Å². The molecule has 1 amide bonds. The summed E-state index contributed by atoms with van der Waals surface area (Å²) in [5.41, 5.74) is 8.64. The first kappa shape index (κ1) is 17.5. The second-order valence-corrected chi connectivity index (χ2v) is 6.71. The molecule has 0 aliphatic carbocycles. The van der Waals surface area contributed by atoms with Gasteiger partial charge in [0.05, 0.1) is 30.8 Å². The van der Waals surface area contributed by atoms with Crippen LogP contribution in [-0.2, 0) is 29.5 Å². The molecule has 0 spiro atoms. The molecule has 3 rings (SSSR count). The van der Waals surface area contributed by atoms with Gasteiger partial charge in [-0.15, -0.1) is 0 Å². The van der Waals surface area contributed by atoms with Crippen LogP contribution in [0.5, 0.6) is 0 Å². The highest BCUT2D eigenvalue weighted by atomic mass is 16.5. The number of carbonyl (C=O) groups is 1. The maximum atomic E-state index is 13.0. The number of ether oxygens (including phenoxy) is 1. The van der Waals surface area contributed by atoms with Gasteiger partial charge < -0.3 is 15.4 Å². The third-order valence-corrected chi connectivity index (χ3v) is 5.08. The first-order valence-corrected chi connectivity index (χ1v) is 8.49. The molecule has 2 aromatic heterocycles. The molecular formula is C17H26N6O2. The van der Waals surface area contributed by atoms with E-state index >= 15 is 0 Å². The van der Waals surface area contributed by atoms with Crippen LogP contribution in [0, 0.1) is 13.8 Å². The van der Waals surface area contributed by atoms with Crippen LogP contribution in [0.1, 0.15) is 23.4 Å². The molecule has 1 aliphatic rings. The third kappa shape index (κ3) is 3.53. The van der Waals surface area contributed by atoms with Crippen molar-refractivity contribution in [3.05, 3.63) is 29.2 Å². The molecule has 136 valence electrons. The van der Waals surface area contributed by atoms with E-state index in [-0.39, 0.29) is 18.1 Å². The van der Waals surface area contributed by atoms with Crippen LogP contribution in [0.4, 0.5) is 5.82 Å². The van der Waals surface area contributed by atoms with Crippen LogP contribution in [-0.4, -0.2) is 56.2 Å². The first-order valence-electron chi connectivity index (χ1n) is 8.49. The monoisotopic (exact) mass is 346 g/mol. The Labute approximate surface area is 147 Å². The summed E-state index contributed by atoms with van der Waals surface area (Å²) in [5, 5.41) is 8.64. The van der Waals surface area contributed by atoms with Crippen molar-refractivity contribution in [1.29, 1.82) is 0 Å². The molecule has 0 radical (unpaired) electrons. The van der Waals surface area contributed by atoms with Gasteiger partial charge in [0.2, 0.25) is 5.91 Å². The van der Waals surface area contributed by atoms with Crippen LogP contribution in [0.2, 0.25) is 0 Å². The van der Waals surface area contributed by atoms with E-state index < -0.39 is 0 Å². The number of hydrogen-bond acceptors (Lipinski definition) is 5. The Morgan fingerprint density at radius 2 is 2.16 bits per heavy atom. The Balaban J connectivity index is 1.76. The fourth-order valence-electron chi connectivity index (χ4n) is 3.54. The van der Waals surface area contributed by atoms with Crippen molar-refractivity contribution < 1.29 is 9.53 Å². The van der Waals surface area contributed by atoms with Gasteiger partial charge in [-0.2, -0.15) is 10.2 Å². The van der Waals surface area contributed by atoms with E-state index in [2.05, 4.69) is 10.2 Å². The lowest BCUT2D eigenvalue weighted by Crippen LogP contribution is -2.39. The lowest BCUT2D eigenvalue weighted by Gasteiger charge is -2.24. The minimum atomic E-state index is 0.0500.